The molecule has 5 rings (SSSR count). The highest BCUT2D eigenvalue weighted by Crippen LogP contribution is 2.38. The number of rotatable bonds is 5. The Morgan fingerprint density at radius 3 is 2.40 bits per heavy atom. The Morgan fingerprint density at radius 2 is 1.70 bits per heavy atom. The van der Waals surface area contributed by atoms with E-state index in [0.717, 1.165) is 55.1 Å². The zero-order valence-corrected chi connectivity index (χ0v) is 17.4. The summed E-state index contributed by atoms with van der Waals surface area (Å²) >= 11 is 0. The van der Waals surface area contributed by atoms with E-state index in [0.29, 0.717) is 12.0 Å². The molecule has 0 atom stereocenters. The van der Waals surface area contributed by atoms with Gasteiger partial charge in [-0.1, -0.05) is 61.2 Å². The number of benzene rings is 2. The lowest BCUT2D eigenvalue weighted by Gasteiger charge is -2.32. The highest BCUT2D eigenvalue weighted by Gasteiger charge is 2.27. The second-order valence-corrected chi connectivity index (χ2v) is 8.12. The van der Waals surface area contributed by atoms with Crippen molar-refractivity contribution in [3.63, 3.8) is 0 Å². The number of hydrogen-bond acceptors (Lipinski definition) is 5. The van der Waals surface area contributed by atoms with Crippen LogP contribution in [0.15, 0.2) is 61.2 Å². The molecule has 1 aliphatic heterocycles. The molecule has 0 unspecified atom stereocenters. The van der Waals surface area contributed by atoms with Crippen LogP contribution in [0.3, 0.4) is 0 Å². The monoisotopic (exact) mass is 397 g/mol. The summed E-state index contributed by atoms with van der Waals surface area (Å²) in [6.45, 7) is 6.04. The molecular formula is C25H27N5. The maximum absolute atomic E-state index is 4.98. The topological polar surface area (TPSA) is 53.1 Å². The second kappa shape index (κ2) is 7.82. The lowest BCUT2D eigenvalue weighted by molar-refractivity contribution is 0.743. The summed E-state index contributed by atoms with van der Waals surface area (Å²) in [6.07, 6.45) is 2.93. The van der Waals surface area contributed by atoms with E-state index in [9.17, 15) is 0 Å². The Morgan fingerprint density at radius 1 is 1.00 bits per heavy atom. The minimum atomic E-state index is 0.319. The Balaban J connectivity index is 1.45. The molecule has 2 aromatic carbocycles. The van der Waals surface area contributed by atoms with Crippen molar-refractivity contribution in [2.24, 2.45) is 0 Å². The summed E-state index contributed by atoms with van der Waals surface area (Å²) in [5.74, 6) is 2.50. The fourth-order valence-corrected chi connectivity index (χ4v) is 4.55. The minimum absolute atomic E-state index is 0.319. The predicted octanol–water partition coefficient (Wildman–Crippen LogP) is 4.52. The van der Waals surface area contributed by atoms with E-state index in [1.54, 1.807) is 0 Å². The molecular weight excluding hydrogens is 370 g/mol. The van der Waals surface area contributed by atoms with Crippen molar-refractivity contribution in [3.05, 3.63) is 83.4 Å². The number of nitrogens with zero attached hydrogens (tertiary/aromatic N) is 3. The largest absolute Gasteiger partial charge is 0.372 e. The first kappa shape index (κ1) is 18.7. The number of aromatic nitrogens is 2. The first-order valence-corrected chi connectivity index (χ1v) is 10.6. The molecule has 30 heavy (non-hydrogen) atoms. The van der Waals surface area contributed by atoms with Gasteiger partial charge in [0.2, 0.25) is 5.95 Å². The molecule has 1 aromatic heterocycles. The van der Waals surface area contributed by atoms with E-state index in [4.69, 9.17) is 9.97 Å². The van der Waals surface area contributed by atoms with Gasteiger partial charge in [-0.2, -0.15) is 9.97 Å². The van der Waals surface area contributed by atoms with Crippen LogP contribution in [0.2, 0.25) is 0 Å². The molecule has 0 saturated carbocycles. The van der Waals surface area contributed by atoms with Crippen molar-refractivity contribution < 1.29 is 0 Å². The van der Waals surface area contributed by atoms with Crippen molar-refractivity contribution in [3.8, 4) is 0 Å². The SMILES string of the molecule is C=C1CCN(Cc2ccccc2)c2nc(NC3Cc4ccccc4C3)nc(NC)c21. The van der Waals surface area contributed by atoms with E-state index < -0.39 is 0 Å². The van der Waals surface area contributed by atoms with Crippen LogP contribution in [0, 0.1) is 0 Å². The molecule has 2 heterocycles. The van der Waals surface area contributed by atoms with Crippen LogP contribution in [-0.2, 0) is 19.4 Å². The lowest BCUT2D eigenvalue weighted by atomic mass is 10.00. The average Bonchev–Trinajstić information content (AvgIpc) is 3.18. The van der Waals surface area contributed by atoms with Gasteiger partial charge in [0.1, 0.15) is 11.6 Å². The molecule has 0 saturated heterocycles. The Labute approximate surface area is 177 Å². The maximum Gasteiger partial charge on any atom is 0.226 e. The molecule has 0 radical (unpaired) electrons. The molecule has 5 heteroatoms. The first-order chi connectivity index (χ1) is 14.7. The van der Waals surface area contributed by atoms with E-state index in [2.05, 4.69) is 76.7 Å². The molecule has 0 bridgehead atoms. The number of nitrogens with one attached hydrogen (secondary N) is 2. The molecule has 1 aliphatic carbocycles. The van der Waals surface area contributed by atoms with E-state index in [-0.39, 0.29) is 0 Å². The summed E-state index contributed by atoms with van der Waals surface area (Å²) in [5.41, 5.74) is 6.25. The van der Waals surface area contributed by atoms with Crippen LogP contribution in [0.4, 0.5) is 17.6 Å². The summed E-state index contributed by atoms with van der Waals surface area (Å²) in [4.78, 5) is 12.1. The van der Waals surface area contributed by atoms with Gasteiger partial charge < -0.3 is 15.5 Å². The quantitative estimate of drug-likeness (QED) is 0.663. The van der Waals surface area contributed by atoms with Crippen LogP contribution in [0.5, 0.6) is 0 Å². The van der Waals surface area contributed by atoms with Crippen LogP contribution >= 0.6 is 0 Å². The van der Waals surface area contributed by atoms with Crippen molar-refractivity contribution in [1.82, 2.24) is 9.97 Å². The van der Waals surface area contributed by atoms with Crippen LogP contribution < -0.4 is 15.5 Å². The van der Waals surface area contributed by atoms with Gasteiger partial charge in [-0.15, -0.1) is 0 Å². The summed E-state index contributed by atoms with van der Waals surface area (Å²) in [6, 6.07) is 19.5. The highest BCUT2D eigenvalue weighted by molar-refractivity contribution is 5.84. The molecule has 0 amide bonds. The Bertz CT molecular complexity index is 1050. The molecule has 2 N–H and O–H groups in total. The van der Waals surface area contributed by atoms with Gasteiger partial charge in [0.05, 0.1) is 5.56 Å². The van der Waals surface area contributed by atoms with Crippen LogP contribution in [0.1, 0.15) is 28.7 Å². The third-order valence-electron chi connectivity index (χ3n) is 6.06. The van der Waals surface area contributed by atoms with Crippen LogP contribution in [0.25, 0.3) is 5.57 Å². The van der Waals surface area contributed by atoms with Gasteiger partial charge in [0.25, 0.3) is 0 Å². The molecule has 5 nitrogen and oxygen atoms in total. The van der Waals surface area contributed by atoms with Gasteiger partial charge in [-0.25, -0.2) is 0 Å². The molecule has 0 fully saturated rings. The summed E-state index contributed by atoms with van der Waals surface area (Å²) in [7, 11) is 1.92. The van der Waals surface area contributed by atoms with Gasteiger partial charge in [-0.05, 0) is 41.5 Å². The maximum atomic E-state index is 4.98. The smallest absolute Gasteiger partial charge is 0.226 e. The Hall–Kier alpha value is -3.34. The standard InChI is InChI=1S/C25H27N5/c1-17-12-13-30(16-18-8-4-3-5-9-18)24-22(17)23(26-2)28-25(29-24)27-21-14-19-10-6-7-11-20(19)15-21/h3-11,21H,1,12-16H2,2H3,(H2,26,27,28,29). The van der Waals surface area contributed by atoms with Crippen molar-refractivity contribution >= 4 is 23.2 Å². The summed E-state index contributed by atoms with van der Waals surface area (Å²) < 4.78 is 0. The van der Waals surface area contributed by atoms with Gasteiger partial charge in [0.15, 0.2) is 0 Å². The van der Waals surface area contributed by atoms with Gasteiger partial charge >= 0.3 is 0 Å². The third-order valence-corrected chi connectivity index (χ3v) is 6.06. The van der Waals surface area contributed by atoms with E-state index in [1.165, 1.54) is 16.7 Å². The zero-order chi connectivity index (χ0) is 20.5. The molecule has 0 spiro atoms. The molecule has 152 valence electrons. The lowest BCUT2D eigenvalue weighted by Crippen LogP contribution is -2.31. The van der Waals surface area contributed by atoms with Crippen molar-refractivity contribution in [1.29, 1.82) is 0 Å². The third kappa shape index (κ3) is 3.52. The van der Waals surface area contributed by atoms with Crippen LogP contribution in [-0.4, -0.2) is 29.6 Å². The van der Waals surface area contributed by atoms with E-state index in [1.807, 2.05) is 7.05 Å². The second-order valence-electron chi connectivity index (χ2n) is 8.12. The van der Waals surface area contributed by atoms with Crippen molar-refractivity contribution in [2.45, 2.75) is 31.8 Å². The fraction of sp³-hybridized carbons (Fsp3) is 0.280. The highest BCUT2D eigenvalue weighted by atomic mass is 15.3. The van der Waals surface area contributed by atoms with E-state index >= 15 is 0 Å². The first-order valence-electron chi connectivity index (χ1n) is 10.6. The normalized spacial score (nSPS) is 15.6. The van der Waals surface area contributed by atoms with Crippen molar-refractivity contribution in [2.75, 3.05) is 29.1 Å². The Kier molecular flexibility index (Phi) is 4.87. The average molecular weight is 398 g/mol. The van der Waals surface area contributed by atoms with Gasteiger partial charge in [-0.3, -0.25) is 0 Å². The minimum Gasteiger partial charge on any atom is -0.372 e. The number of hydrogen-bond donors (Lipinski definition) is 2. The zero-order valence-electron chi connectivity index (χ0n) is 17.4. The molecule has 3 aromatic rings. The predicted molar refractivity (Wildman–Crippen MR) is 124 cm³/mol. The fourth-order valence-electron chi connectivity index (χ4n) is 4.55. The van der Waals surface area contributed by atoms with Gasteiger partial charge in [0, 0.05) is 26.2 Å². The molecule has 2 aliphatic rings. The number of anilines is 3. The number of fused-ring (bicyclic) bond motifs is 2. The summed E-state index contributed by atoms with van der Waals surface area (Å²) in [5, 5.41) is 6.87.